The first-order valence-corrected chi connectivity index (χ1v) is 9.21. The highest BCUT2D eigenvalue weighted by molar-refractivity contribution is 7.16. The number of carbonyl (C=O) groups is 1. The number of benzene rings is 2. The Kier molecular flexibility index (Phi) is 5.59. The Bertz CT molecular complexity index is 1010. The van der Waals surface area contributed by atoms with Crippen LogP contribution < -0.4 is 4.80 Å². The fourth-order valence-corrected chi connectivity index (χ4v) is 4.06. The maximum atomic E-state index is 12.6. The zero-order valence-corrected chi connectivity index (χ0v) is 16.1. The SMILES string of the molecule is COCCn1c(=NC(=O)c2ccccc2Cl)sc2ccc(Cl)c(C)c21. The maximum Gasteiger partial charge on any atom is 0.281 e. The van der Waals surface area contributed by atoms with E-state index in [2.05, 4.69) is 4.99 Å². The highest BCUT2D eigenvalue weighted by Gasteiger charge is 2.14. The number of hydrogen-bond acceptors (Lipinski definition) is 3. The lowest BCUT2D eigenvalue weighted by molar-refractivity contribution is 0.0997. The van der Waals surface area contributed by atoms with Gasteiger partial charge in [0.15, 0.2) is 4.80 Å². The van der Waals surface area contributed by atoms with Gasteiger partial charge >= 0.3 is 0 Å². The van der Waals surface area contributed by atoms with Crippen LogP contribution >= 0.6 is 34.5 Å². The normalized spacial score (nSPS) is 12.1. The largest absolute Gasteiger partial charge is 0.383 e. The zero-order chi connectivity index (χ0) is 18.0. The lowest BCUT2D eigenvalue weighted by Crippen LogP contribution is -2.19. The van der Waals surface area contributed by atoms with Crippen LogP contribution in [0.15, 0.2) is 41.4 Å². The molecule has 7 heteroatoms. The van der Waals surface area contributed by atoms with Crippen LogP contribution in [-0.4, -0.2) is 24.2 Å². The van der Waals surface area contributed by atoms with Crippen LogP contribution in [0.5, 0.6) is 0 Å². The molecule has 0 aliphatic heterocycles. The summed E-state index contributed by atoms with van der Waals surface area (Å²) in [5.41, 5.74) is 2.31. The second kappa shape index (κ2) is 7.70. The smallest absolute Gasteiger partial charge is 0.281 e. The van der Waals surface area contributed by atoms with Crippen LogP contribution in [0.3, 0.4) is 0 Å². The van der Waals surface area contributed by atoms with E-state index in [4.69, 9.17) is 27.9 Å². The molecule has 0 fully saturated rings. The van der Waals surface area contributed by atoms with Crippen molar-refractivity contribution in [2.45, 2.75) is 13.5 Å². The van der Waals surface area contributed by atoms with E-state index in [0.29, 0.717) is 33.6 Å². The summed E-state index contributed by atoms with van der Waals surface area (Å²) in [7, 11) is 1.64. The summed E-state index contributed by atoms with van der Waals surface area (Å²) in [5, 5.41) is 1.07. The first-order chi connectivity index (χ1) is 12.0. The van der Waals surface area contributed by atoms with Gasteiger partial charge in [-0.25, -0.2) is 0 Å². The Balaban J connectivity index is 2.19. The molecule has 4 nitrogen and oxygen atoms in total. The lowest BCUT2D eigenvalue weighted by atomic mass is 10.2. The topological polar surface area (TPSA) is 43.6 Å². The van der Waals surface area contributed by atoms with Crippen LogP contribution in [0.1, 0.15) is 15.9 Å². The van der Waals surface area contributed by atoms with E-state index in [1.54, 1.807) is 31.4 Å². The number of halogens is 2. The summed E-state index contributed by atoms with van der Waals surface area (Å²) in [6.45, 7) is 3.04. The van der Waals surface area contributed by atoms with Gasteiger partial charge in [-0.05, 0) is 36.8 Å². The zero-order valence-electron chi connectivity index (χ0n) is 13.8. The van der Waals surface area contributed by atoms with Crippen molar-refractivity contribution in [3.63, 3.8) is 0 Å². The highest BCUT2D eigenvalue weighted by atomic mass is 35.5. The highest BCUT2D eigenvalue weighted by Crippen LogP contribution is 2.27. The Labute approximate surface area is 159 Å². The molecule has 0 spiro atoms. The number of fused-ring (bicyclic) bond motifs is 1. The monoisotopic (exact) mass is 394 g/mol. The number of thiazole rings is 1. The summed E-state index contributed by atoms with van der Waals surface area (Å²) < 4.78 is 8.19. The fourth-order valence-electron chi connectivity index (χ4n) is 2.57. The van der Waals surface area contributed by atoms with Crippen molar-refractivity contribution in [2.24, 2.45) is 4.99 Å². The fraction of sp³-hybridized carbons (Fsp3) is 0.222. The Morgan fingerprint density at radius 2 is 1.96 bits per heavy atom. The standard InChI is InChI=1S/C18H16Cl2N2O2S/c1-11-13(19)7-8-15-16(11)22(9-10-24-2)18(25-15)21-17(23)12-5-3-4-6-14(12)20/h3-8H,9-10H2,1-2H3. The summed E-state index contributed by atoms with van der Waals surface area (Å²) in [6.07, 6.45) is 0. The average molecular weight is 395 g/mol. The lowest BCUT2D eigenvalue weighted by Gasteiger charge is -2.07. The van der Waals surface area contributed by atoms with E-state index in [1.165, 1.54) is 11.3 Å². The van der Waals surface area contributed by atoms with Crippen molar-refractivity contribution in [3.05, 3.63) is 62.4 Å². The van der Waals surface area contributed by atoms with Gasteiger partial charge in [0.25, 0.3) is 5.91 Å². The van der Waals surface area contributed by atoms with Gasteiger partial charge in [-0.2, -0.15) is 4.99 Å². The Hall–Kier alpha value is -1.66. The quantitative estimate of drug-likeness (QED) is 0.643. The minimum atomic E-state index is -0.368. The van der Waals surface area contributed by atoms with Crippen LogP contribution in [-0.2, 0) is 11.3 Å². The van der Waals surface area contributed by atoms with Gasteiger partial charge in [0.05, 0.1) is 27.4 Å². The minimum absolute atomic E-state index is 0.368. The summed E-state index contributed by atoms with van der Waals surface area (Å²) in [5.74, 6) is -0.368. The number of carbonyl (C=O) groups excluding carboxylic acids is 1. The van der Waals surface area contributed by atoms with Crippen LogP contribution in [0.4, 0.5) is 0 Å². The van der Waals surface area contributed by atoms with Gasteiger partial charge in [0.1, 0.15) is 0 Å². The number of aryl methyl sites for hydroxylation is 1. The molecule has 1 amide bonds. The molecule has 0 atom stereocenters. The average Bonchev–Trinajstić information content (AvgIpc) is 2.94. The predicted octanol–water partition coefficient (Wildman–Crippen LogP) is 4.71. The summed E-state index contributed by atoms with van der Waals surface area (Å²) >= 11 is 13.8. The minimum Gasteiger partial charge on any atom is -0.383 e. The van der Waals surface area contributed by atoms with Crippen molar-refractivity contribution in [2.75, 3.05) is 13.7 Å². The van der Waals surface area contributed by atoms with E-state index in [1.807, 2.05) is 23.6 Å². The molecule has 2 aromatic carbocycles. The number of rotatable bonds is 4. The maximum absolute atomic E-state index is 12.6. The molecule has 1 aromatic heterocycles. The van der Waals surface area contributed by atoms with E-state index in [-0.39, 0.29) is 5.91 Å². The summed E-state index contributed by atoms with van der Waals surface area (Å²) in [4.78, 5) is 17.5. The molecule has 3 aromatic rings. The number of amides is 1. The molecule has 0 aliphatic carbocycles. The Morgan fingerprint density at radius 1 is 1.20 bits per heavy atom. The van der Waals surface area contributed by atoms with E-state index in [9.17, 15) is 4.79 Å². The number of hydrogen-bond donors (Lipinski definition) is 0. The molecule has 0 radical (unpaired) electrons. The Morgan fingerprint density at radius 3 is 2.68 bits per heavy atom. The predicted molar refractivity (Wildman–Crippen MR) is 103 cm³/mol. The number of methoxy groups -OCH3 is 1. The number of ether oxygens (including phenoxy) is 1. The third kappa shape index (κ3) is 3.65. The molecule has 0 N–H and O–H groups in total. The van der Waals surface area contributed by atoms with Crippen LogP contribution in [0.2, 0.25) is 10.0 Å². The first kappa shape index (κ1) is 18.1. The molecular formula is C18H16Cl2N2O2S. The second-order valence-corrected chi connectivity index (χ2v) is 7.27. The molecule has 0 saturated heterocycles. The first-order valence-electron chi connectivity index (χ1n) is 7.64. The van der Waals surface area contributed by atoms with Gasteiger partial charge in [0.2, 0.25) is 0 Å². The summed E-state index contributed by atoms with van der Waals surface area (Å²) in [6, 6.07) is 10.7. The van der Waals surface area contributed by atoms with Gasteiger partial charge in [-0.15, -0.1) is 0 Å². The van der Waals surface area contributed by atoms with Gasteiger partial charge in [0, 0.05) is 18.7 Å². The van der Waals surface area contributed by atoms with Crippen molar-refractivity contribution in [3.8, 4) is 0 Å². The molecule has 25 heavy (non-hydrogen) atoms. The van der Waals surface area contributed by atoms with E-state index >= 15 is 0 Å². The second-order valence-electron chi connectivity index (χ2n) is 5.45. The third-order valence-electron chi connectivity index (χ3n) is 3.85. The van der Waals surface area contributed by atoms with Gasteiger partial charge in [-0.3, -0.25) is 4.79 Å². The molecule has 1 heterocycles. The van der Waals surface area contributed by atoms with Crippen molar-refractivity contribution in [1.29, 1.82) is 0 Å². The van der Waals surface area contributed by atoms with Gasteiger partial charge < -0.3 is 9.30 Å². The van der Waals surface area contributed by atoms with E-state index < -0.39 is 0 Å². The number of aromatic nitrogens is 1. The van der Waals surface area contributed by atoms with Crippen LogP contribution in [0, 0.1) is 6.92 Å². The van der Waals surface area contributed by atoms with Crippen molar-refractivity contribution >= 4 is 50.7 Å². The molecular weight excluding hydrogens is 379 g/mol. The molecule has 130 valence electrons. The molecule has 0 unspecified atom stereocenters. The third-order valence-corrected chi connectivity index (χ3v) is 5.63. The molecule has 0 saturated carbocycles. The molecule has 0 bridgehead atoms. The van der Waals surface area contributed by atoms with Crippen LogP contribution in [0.25, 0.3) is 10.2 Å². The molecule has 3 rings (SSSR count). The number of nitrogens with zero attached hydrogens (tertiary/aromatic N) is 2. The van der Waals surface area contributed by atoms with Gasteiger partial charge in [-0.1, -0.05) is 46.7 Å². The molecule has 0 aliphatic rings. The van der Waals surface area contributed by atoms with Crippen molar-refractivity contribution in [1.82, 2.24) is 4.57 Å². The van der Waals surface area contributed by atoms with Crippen molar-refractivity contribution < 1.29 is 9.53 Å². The van der Waals surface area contributed by atoms with E-state index in [0.717, 1.165) is 15.8 Å².